The fourth-order valence-corrected chi connectivity index (χ4v) is 3.82. The second kappa shape index (κ2) is 7.88. The second-order valence-corrected chi connectivity index (χ2v) is 7.51. The summed E-state index contributed by atoms with van der Waals surface area (Å²) in [6, 6.07) is 10.3. The molecule has 1 saturated heterocycles. The first-order chi connectivity index (χ1) is 11.7. The lowest BCUT2D eigenvalue weighted by Gasteiger charge is -2.38. The maximum absolute atomic E-state index is 12.4. The van der Waals surface area contributed by atoms with Crippen LogP contribution in [-0.2, 0) is 6.54 Å². The van der Waals surface area contributed by atoms with Gasteiger partial charge in [-0.25, -0.2) is 4.98 Å². The van der Waals surface area contributed by atoms with Crippen LogP contribution in [0.3, 0.4) is 0 Å². The highest BCUT2D eigenvalue weighted by atomic mass is 32.1. The molecule has 0 aliphatic carbocycles. The third kappa shape index (κ3) is 4.20. The van der Waals surface area contributed by atoms with Crippen molar-refractivity contribution in [3.63, 3.8) is 0 Å². The zero-order valence-corrected chi connectivity index (χ0v) is 14.6. The van der Waals surface area contributed by atoms with E-state index >= 15 is 0 Å². The Morgan fingerprint density at radius 3 is 2.88 bits per heavy atom. The van der Waals surface area contributed by atoms with Gasteiger partial charge in [-0.2, -0.15) is 0 Å². The average Bonchev–Trinajstić information content (AvgIpc) is 3.03. The van der Waals surface area contributed by atoms with Gasteiger partial charge in [0.05, 0.1) is 11.2 Å². The number of hydrogen-bond acceptors (Lipinski definition) is 5. The minimum atomic E-state index is -0.0920. The summed E-state index contributed by atoms with van der Waals surface area (Å²) in [5.41, 5.74) is 1.27. The number of hydrogen-bond donors (Lipinski definition) is 2. The predicted molar refractivity (Wildman–Crippen MR) is 95.0 cm³/mol. The predicted octanol–water partition coefficient (Wildman–Crippen LogP) is 2.06. The van der Waals surface area contributed by atoms with E-state index in [0.29, 0.717) is 4.88 Å². The van der Waals surface area contributed by atoms with Crippen molar-refractivity contribution >= 4 is 17.2 Å². The minimum absolute atomic E-state index is 0.0395. The molecule has 2 N–H and O–H groups in total. The van der Waals surface area contributed by atoms with Crippen LogP contribution in [0.4, 0.5) is 0 Å². The van der Waals surface area contributed by atoms with Crippen LogP contribution in [0.25, 0.3) is 0 Å². The van der Waals surface area contributed by atoms with Crippen LogP contribution in [0.15, 0.2) is 36.5 Å². The molecule has 2 atom stereocenters. The molecule has 2 aromatic rings. The average molecular weight is 345 g/mol. The Hall–Kier alpha value is -1.76. The molecule has 6 heteroatoms. The van der Waals surface area contributed by atoms with Gasteiger partial charge in [0.1, 0.15) is 4.88 Å². The fraction of sp³-hybridized carbons (Fsp3) is 0.444. The van der Waals surface area contributed by atoms with Gasteiger partial charge in [-0.05, 0) is 25.5 Å². The van der Waals surface area contributed by atoms with E-state index in [2.05, 4.69) is 27.3 Å². The SMILES string of the molecule is Cc1ncc(C(=O)N[C@@H]2CN(Cc3ccccc3)CC[C@H]2CO)s1. The van der Waals surface area contributed by atoms with Gasteiger partial charge < -0.3 is 10.4 Å². The molecule has 0 bridgehead atoms. The topological polar surface area (TPSA) is 65.5 Å². The van der Waals surface area contributed by atoms with Crippen molar-refractivity contribution in [1.29, 1.82) is 0 Å². The van der Waals surface area contributed by atoms with Gasteiger partial charge in [-0.1, -0.05) is 30.3 Å². The lowest BCUT2D eigenvalue weighted by atomic mass is 9.92. The molecule has 0 saturated carbocycles. The second-order valence-electron chi connectivity index (χ2n) is 6.28. The van der Waals surface area contributed by atoms with Crippen LogP contribution in [0.2, 0.25) is 0 Å². The number of piperidine rings is 1. The monoisotopic (exact) mass is 345 g/mol. The Balaban J connectivity index is 1.64. The molecule has 1 amide bonds. The number of nitrogens with zero attached hydrogens (tertiary/aromatic N) is 2. The first-order valence-corrected chi connectivity index (χ1v) is 9.08. The number of nitrogens with one attached hydrogen (secondary N) is 1. The number of aryl methyl sites for hydroxylation is 1. The zero-order chi connectivity index (χ0) is 16.9. The van der Waals surface area contributed by atoms with E-state index in [1.54, 1.807) is 6.20 Å². The number of aliphatic hydroxyl groups is 1. The molecule has 1 aliphatic rings. The molecule has 1 aromatic heterocycles. The third-order valence-corrected chi connectivity index (χ3v) is 5.40. The number of aliphatic hydroxyl groups excluding tert-OH is 1. The molecule has 0 unspecified atom stereocenters. The van der Waals surface area contributed by atoms with E-state index in [4.69, 9.17) is 0 Å². The maximum Gasteiger partial charge on any atom is 0.263 e. The molecule has 5 nitrogen and oxygen atoms in total. The van der Waals surface area contributed by atoms with E-state index < -0.39 is 0 Å². The Bertz CT molecular complexity index is 674. The van der Waals surface area contributed by atoms with Crippen LogP contribution < -0.4 is 5.32 Å². The first kappa shape index (κ1) is 17.1. The van der Waals surface area contributed by atoms with E-state index in [9.17, 15) is 9.90 Å². The smallest absolute Gasteiger partial charge is 0.263 e. The molecule has 0 spiro atoms. The lowest BCUT2D eigenvalue weighted by molar-refractivity contribution is 0.0733. The molecule has 1 aromatic carbocycles. The number of rotatable bonds is 5. The Morgan fingerprint density at radius 1 is 1.42 bits per heavy atom. The fourth-order valence-electron chi connectivity index (χ4n) is 3.14. The molecule has 3 rings (SSSR count). The summed E-state index contributed by atoms with van der Waals surface area (Å²) < 4.78 is 0. The van der Waals surface area contributed by atoms with E-state index in [-0.39, 0.29) is 24.5 Å². The van der Waals surface area contributed by atoms with Crippen LogP contribution >= 0.6 is 11.3 Å². The number of aromatic nitrogens is 1. The van der Waals surface area contributed by atoms with Crippen LogP contribution in [0, 0.1) is 12.8 Å². The van der Waals surface area contributed by atoms with Gasteiger partial charge in [0.15, 0.2) is 0 Å². The molecule has 24 heavy (non-hydrogen) atoms. The summed E-state index contributed by atoms with van der Waals surface area (Å²) in [5.74, 6) is 0.0144. The molecular weight excluding hydrogens is 322 g/mol. The van der Waals surface area contributed by atoms with Crippen LogP contribution in [-0.4, -0.2) is 46.6 Å². The summed E-state index contributed by atoms with van der Waals surface area (Å²) in [6.45, 7) is 4.55. The Morgan fingerprint density at radius 2 is 2.21 bits per heavy atom. The zero-order valence-electron chi connectivity index (χ0n) is 13.8. The highest BCUT2D eigenvalue weighted by molar-refractivity contribution is 7.13. The van der Waals surface area contributed by atoms with Crippen molar-refractivity contribution in [2.75, 3.05) is 19.7 Å². The number of carbonyl (C=O) groups is 1. The lowest BCUT2D eigenvalue weighted by Crippen LogP contribution is -2.53. The highest BCUT2D eigenvalue weighted by Gasteiger charge is 2.30. The van der Waals surface area contributed by atoms with Crippen molar-refractivity contribution in [2.24, 2.45) is 5.92 Å². The standard InChI is InChI=1S/C18H23N3O2S/c1-13-19-9-17(24-13)18(23)20-16-11-21(8-7-15(16)12-22)10-14-5-3-2-4-6-14/h2-6,9,15-16,22H,7-8,10-12H2,1H3,(H,20,23)/t15-,16+/m0/s1. The van der Waals surface area contributed by atoms with Crippen molar-refractivity contribution in [3.8, 4) is 0 Å². The van der Waals surface area contributed by atoms with E-state index in [0.717, 1.165) is 31.1 Å². The largest absolute Gasteiger partial charge is 0.396 e. The van der Waals surface area contributed by atoms with Crippen LogP contribution in [0.1, 0.15) is 26.7 Å². The number of likely N-dealkylation sites (tertiary alicyclic amines) is 1. The molecule has 1 fully saturated rings. The number of carbonyl (C=O) groups excluding carboxylic acids is 1. The summed E-state index contributed by atoms with van der Waals surface area (Å²) in [6.07, 6.45) is 2.50. The van der Waals surface area contributed by atoms with Gasteiger partial charge in [0, 0.05) is 31.7 Å². The summed E-state index contributed by atoms with van der Waals surface area (Å²) in [5, 5.41) is 13.6. The summed E-state index contributed by atoms with van der Waals surface area (Å²) in [7, 11) is 0. The first-order valence-electron chi connectivity index (χ1n) is 8.26. The molecule has 128 valence electrons. The molecular formula is C18H23N3O2S. The van der Waals surface area contributed by atoms with Crippen LogP contribution in [0.5, 0.6) is 0 Å². The van der Waals surface area contributed by atoms with Gasteiger partial charge in [-0.3, -0.25) is 9.69 Å². The highest BCUT2D eigenvalue weighted by Crippen LogP contribution is 2.20. The molecule has 2 heterocycles. The Kier molecular flexibility index (Phi) is 5.60. The summed E-state index contributed by atoms with van der Waals surface area (Å²) in [4.78, 5) is 19.5. The number of amides is 1. The minimum Gasteiger partial charge on any atom is -0.396 e. The van der Waals surface area contributed by atoms with Crippen molar-refractivity contribution in [2.45, 2.75) is 25.9 Å². The van der Waals surface area contributed by atoms with E-state index in [1.165, 1.54) is 16.9 Å². The normalized spacial score (nSPS) is 21.6. The Labute approximate surface area is 146 Å². The molecule has 0 radical (unpaired) electrons. The van der Waals surface area contributed by atoms with Crippen molar-refractivity contribution in [1.82, 2.24) is 15.2 Å². The van der Waals surface area contributed by atoms with Gasteiger partial charge >= 0.3 is 0 Å². The van der Waals surface area contributed by atoms with Gasteiger partial charge in [0.25, 0.3) is 5.91 Å². The number of benzene rings is 1. The third-order valence-electron chi connectivity index (χ3n) is 4.49. The quantitative estimate of drug-likeness (QED) is 0.871. The van der Waals surface area contributed by atoms with Gasteiger partial charge in [-0.15, -0.1) is 11.3 Å². The maximum atomic E-state index is 12.4. The van der Waals surface area contributed by atoms with Crippen molar-refractivity contribution < 1.29 is 9.90 Å². The molecule has 1 aliphatic heterocycles. The number of thiazole rings is 1. The van der Waals surface area contributed by atoms with E-state index in [1.807, 2.05) is 25.1 Å². The van der Waals surface area contributed by atoms with Crippen molar-refractivity contribution in [3.05, 3.63) is 52.0 Å². The summed E-state index contributed by atoms with van der Waals surface area (Å²) >= 11 is 1.40. The van der Waals surface area contributed by atoms with Gasteiger partial charge in [0.2, 0.25) is 0 Å².